The van der Waals surface area contributed by atoms with Gasteiger partial charge in [-0.2, -0.15) is 5.10 Å². The zero-order valence-electron chi connectivity index (χ0n) is 14.0. The van der Waals surface area contributed by atoms with Gasteiger partial charge >= 0.3 is 0 Å². The van der Waals surface area contributed by atoms with Crippen molar-refractivity contribution in [2.75, 3.05) is 32.8 Å². The highest BCUT2D eigenvalue weighted by Gasteiger charge is 2.37. The molecule has 0 spiro atoms. The van der Waals surface area contributed by atoms with E-state index < -0.39 is 0 Å². The highest BCUT2D eigenvalue weighted by Crippen LogP contribution is 2.19. The van der Waals surface area contributed by atoms with Crippen molar-refractivity contribution in [1.82, 2.24) is 25.7 Å². The Labute approximate surface area is 146 Å². The third-order valence-electron chi connectivity index (χ3n) is 3.94. The minimum atomic E-state index is -0.316. The zero-order valence-corrected chi connectivity index (χ0v) is 14.7. The normalized spacial score (nSPS) is 21.0. The maximum absolute atomic E-state index is 12.3. The number of ether oxygens (including phenoxy) is 1. The van der Waals surface area contributed by atoms with Gasteiger partial charge in [-0.05, 0) is 20.3 Å². The summed E-state index contributed by atoms with van der Waals surface area (Å²) in [5.74, 6) is -0.339. The molecule has 1 saturated heterocycles. The first-order chi connectivity index (χ1) is 11.6. The Morgan fingerprint density at radius 2 is 2.29 bits per heavy atom. The zero-order chi connectivity index (χ0) is 17.5. The summed E-state index contributed by atoms with van der Waals surface area (Å²) in [6.07, 6.45) is 1.94. The summed E-state index contributed by atoms with van der Waals surface area (Å²) in [6, 6.07) is -0.404. The number of hydrogen-bond acceptors (Lipinski definition) is 5. The minimum Gasteiger partial charge on any atom is -0.380 e. The molecule has 0 aromatic carbocycles. The number of likely N-dealkylation sites (tertiary alicyclic amines) is 1. The van der Waals surface area contributed by atoms with Crippen LogP contribution in [0, 0.1) is 0 Å². The Kier molecular flexibility index (Phi) is 7.01. The highest BCUT2D eigenvalue weighted by molar-refractivity contribution is 6.33. The van der Waals surface area contributed by atoms with Crippen LogP contribution in [-0.4, -0.2) is 71.8 Å². The van der Waals surface area contributed by atoms with Crippen LogP contribution in [0.25, 0.3) is 0 Å². The molecule has 0 saturated carbocycles. The van der Waals surface area contributed by atoms with E-state index in [0.717, 1.165) is 0 Å². The van der Waals surface area contributed by atoms with Gasteiger partial charge in [-0.15, -0.1) is 0 Å². The molecule has 1 aliphatic heterocycles. The average Bonchev–Trinajstić information content (AvgIpc) is 3.14. The van der Waals surface area contributed by atoms with Crippen molar-refractivity contribution in [3.63, 3.8) is 0 Å². The molecular weight excluding hydrogens is 334 g/mol. The molecule has 9 heteroatoms. The molecule has 2 heterocycles. The second-order valence-corrected chi connectivity index (χ2v) is 6.01. The molecule has 0 unspecified atom stereocenters. The maximum Gasteiger partial charge on any atom is 0.271 e. The van der Waals surface area contributed by atoms with E-state index in [1.165, 1.54) is 6.20 Å². The predicted molar refractivity (Wildman–Crippen MR) is 90.0 cm³/mol. The molecule has 2 rings (SSSR count). The molecule has 24 heavy (non-hydrogen) atoms. The van der Waals surface area contributed by atoms with Crippen molar-refractivity contribution in [2.24, 2.45) is 0 Å². The van der Waals surface area contributed by atoms with Gasteiger partial charge in [-0.1, -0.05) is 11.6 Å². The summed E-state index contributed by atoms with van der Waals surface area (Å²) in [5.41, 5.74) is 0.235. The Bertz CT molecular complexity index is 565. The third kappa shape index (κ3) is 4.68. The van der Waals surface area contributed by atoms with E-state index >= 15 is 0 Å². The summed E-state index contributed by atoms with van der Waals surface area (Å²) in [5, 5.41) is 12.4. The quantitative estimate of drug-likeness (QED) is 0.585. The molecule has 0 aliphatic carbocycles. The monoisotopic (exact) mass is 357 g/mol. The van der Waals surface area contributed by atoms with Crippen molar-refractivity contribution in [3.05, 3.63) is 16.9 Å². The summed E-state index contributed by atoms with van der Waals surface area (Å²) < 4.78 is 5.38. The topological polar surface area (TPSA) is 99.4 Å². The standard InChI is InChI=1S/C15H24ClN5O3/c1-3-17-14(22)12-7-10(9-21(12)5-6-24-4-2)19-15(23)13-11(16)8-18-20-13/h8,10,12H,3-7,9H2,1-2H3,(H,17,22)(H,18,20)(H,19,23)/t10-,12-/m0/s1. The lowest BCUT2D eigenvalue weighted by Crippen LogP contribution is -2.44. The average molecular weight is 358 g/mol. The van der Waals surface area contributed by atoms with Gasteiger partial charge in [-0.25, -0.2) is 0 Å². The molecule has 1 aromatic heterocycles. The molecule has 1 aromatic rings. The number of H-pyrrole nitrogens is 1. The van der Waals surface area contributed by atoms with Crippen LogP contribution in [0.3, 0.4) is 0 Å². The largest absolute Gasteiger partial charge is 0.380 e. The van der Waals surface area contributed by atoms with Gasteiger partial charge in [0.25, 0.3) is 5.91 Å². The van der Waals surface area contributed by atoms with Gasteiger partial charge in [-0.3, -0.25) is 19.6 Å². The number of nitrogens with zero attached hydrogens (tertiary/aromatic N) is 2. The van der Waals surface area contributed by atoms with E-state index in [9.17, 15) is 9.59 Å². The van der Waals surface area contributed by atoms with Crippen LogP contribution >= 0.6 is 11.6 Å². The lowest BCUT2D eigenvalue weighted by molar-refractivity contribution is -0.125. The predicted octanol–water partition coefficient (Wildman–Crippen LogP) is 0.408. The smallest absolute Gasteiger partial charge is 0.271 e. The lowest BCUT2D eigenvalue weighted by Gasteiger charge is -2.22. The molecule has 1 aliphatic rings. The first-order valence-corrected chi connectivity index (χ1v) is 8.53. The second kappa shape index (κ2) is 9.00. The SMILES string of the molecule is CCNC(=O)[C@@H]1C[C@H](NC(=O)c2[nH]ncc2Cl)CN1CCOCC. The fourth-order valence-electron chi connectivity index (χ4n) is 2.83. The van der Waals surface area contributed by atoms with E-state index in [1.807, 2.05) is 18.7 Å². The summed E-state index contributed by atoms with van der Waals surface area (Å²) in [7, 11) is 0. The van der Waals surface area contributed by atoms with Crippen LogP contribution in [0.2, 0.25) is 5.02 Å². The van der Waals surface area contributed by atoms with Crippen molar-refractivity contribution in [3.8, 4) is 0 Å². The first-order valence-electron chi connectivity index (χ1n) is 8.16. The van der Waals surface area contributed by atoms with E-state index in [2.05, 4.69) is 20.8 Å². The van der Waals surface area contributed by atoms with Crippen LogP contribution < -0.4 is 10.6 Å². The van der Waals surface area contributed by atoms with Gasteiger partial charge in [0.05, 0.1) is 23.9 Å². The fourth-order valence-corrected chi connectivity index (χ4v) is 3.01. The number of aromatic amines is 1. The van der Waals surface area contributed by atoms with Crippen molar-refractivity contribution >= 4 is 23.4 Å². The molecule has 0 radical (unpaired) electrons. The summed E-state index contributed by atoms with van der Waals surface area (Å²) in [6.45, 7) is 6.82. The second-order valence-electron chi connectivity index (χ2n) is 5.60. The van der Waals surface area contributed by atoms with Crippen molar-refractivity contribution in [1.29, 1.82) is 0 Å². The summed E-state index contributed by atoms with van der Waals surface area (Å²) in [4.78, 5) is 26.5. The molecule has 134 valence electrons. The number of nitrogens with one attached hydrogen (secondary N) is 3. The third-order valence-corrected chi connectivity index (χ3v) is 4.23. The van der Waals surface area contributed by atoms with Gasteiger partial charge in [0.15, 0.2) is 0 Å². The number of carbonyl (C=O) groups excluding carboxylic acids is 2. The Hall–Kier alpha value is -1.64. The highest BCUT2D eigenvalue weighted by atomic mass is 35.5. The van der Waals surface area contributed by atoms with Crippen molar-refractivity contribution in [2.45, 2.75) is 32.4 Å². The molecular formula is C15H24ClN5O3. The number of amides is 2. The number of hydrogen-bond donors (Lipinski definition) is 3. The Morgan fingerprint density at radius 1 is 1.50 bits per heavy atom. The van der Waals surface area contributed by atoms with Crippen LogP contribution in [-0.2, 0) is 9.53 Å². The van der Waals surface area contributed by atoms with Gasteiger partial charge in [0.2, 0.25) is 5.91 Å². The number of halogens is 1. The van der Waals surface area contributed by atoms with E-state index in [1.54, 1.807) is 0 Å². The van der Waals surface area contributed by atoms with Crippen LogP contribution in [0.5, 0.6) is 0 Å². The Morgan fingerprint density at radius 3 is 2.92 bits per heavy atom. The van der Waals surface area contributed by atoms with Crippen LogP contribution in [0.15, 0.2) is 6.20 Å². The van der Waals surface area contributed by atoms with E-state index in [-0.39, 0.29) is 34.6 Å². The maximum atomic E-state index is 12.3. The lowest BCUT2D eigenvalue weighted by atomic mass is 10.1. The molecule has 3 N–H and O–H groups in total. The fraction of sp³-hybridized carbons (Fsp3) is 0.667. The van der Waals surface area contributed by atoms with Gasteiger partial charge < -0.3 is 15.4 Å². The molecule has 8 nitrogen and oxygen atoms in total. The molecule has 2 atom stereocenters. The molecule has 0 bridgehead atoms. The number of likely N-dealkylation sites (N-methyl/N-ethyl adjacent to an activating group) is 1. The van der Waals surface area contributed by atoms with E-state index in [0.29, 0.717) is 39.3 Å². The van der Waals surface area contributed by atoms with Crippen LogP contribution in [0.4, 0.5) is 0 Å². The summed E-state index contributed by atoms with van der Waals surface area (Å²) >= 11 is 5.91. The number of rotatable bonds is 8. The van der Waals surface area contributed by atoms with Crippen LogP contribution in [0.1, 0.15) is 30.8 Å². The first kappa shape index (κ1) is 18.7. The molecule has 1 fully saturated rings. The number of aromatic nitrogens is 2. The van der Waals surface area contributed by atoms with Gasteiger partial charge in [0.1, 0.15) is 5.69 Å². The van der Waals surface area contributed by atoms with Gasteiger partial charge in [0, 0.05) is 32.3 Å². The van der Waals surface area contributed by atoms with Crippen molar-refractivity contribution < 1.29 is 14.3 Å². The minimum absolute atomic E-state index is 0.0229. The number of carbonyl (C=O) groups is 2. The molecule has 2 amide bonds. The van der Waals surface area contributed by atoms with E-state index in [4.69, 9.17) is 16.3 Å². The Balaban J connectivity index is 1.97.